The normalized spacial score (nSPS) is 12.6. The third-order valence-electron chi connectivity index (χ3n) is 1.64. The summed E-state index contributed by atoms with van der Waals surface area (Å²) in [4.78, 5) is 10.8. The average Bonchev–Trinajstić information content (AvgIpc) is 2.00. The summed E-state index contributed by atoms with van der Waals surface area (Å²) in [5.74, 6) is 0.0357. The van der Waals surface area contributed by atoms with Crippen molar-refractivity contribution in [1.29, 1.82) is 0 Å². The van der Waals surface area contributed by atoms with Crippen LogP contribution in [0.2, 0.25) is 0 Å². The van der Waals surface area contributed by atoms with E-state index in [0.29, 0.717) is 6.04 Å². The summed E-state index contributed by atoms with van der Waals surface area (Å²) in [6, 6.07) is 0.318. The van der Waals surface area contributed by atoms with Crippen LogP contribution >= 0.6 is 0 Å². The maximum absolute atomic E-state index is 10.8. The van der Waals surface area contributed by atoms with Crippen LogP contribution in [0.1, 0.15) is 40.0 Å². The fourth-order valence-corrected chi connectivity index (χ4v) is 0.909. The molecule has 1 unspecified atom stereocenters. The van der Waals surface area contributed by atoms with E-state index in [-0.39, 0.29) is 5.91 Å². The molecule has 0 rings (SSSR count). The molecule has 0 aromatic rings. The zero-order valence-corrected chi connectivity index (χ0v) is 7.68. The van der Waals surface area contributed by atoms with Gasteiger partial charge in [0.05, 0.1) is 0 Å². The lowest BCUT2D eigenvalue weighted by Gasteiger charge is -2.11. The van der Waals surface area contributed by atoms with E-state index in [2.05, 4.69) is 12.2 Å². The van der Waals surface area contributed by atoms with Crippen LogP contribution in [0.3, 0.4) is 0 Å². The molecule has 0 fully saturated rings. The quantitative estimate of drug-likeness (QED) is 0.647. The fourth-order valence-electron chi connectivity index (χ4n) is 0.909. The number of hydrogen-bond acceptors (Lipinski definition) is 1. The lowest BCUT2D eigenvalue weighted by molar-refractivity contribution is -0.118. The van der Waals surface area contributed by atoms with Crippen molar-refractivity contribution in [2.75, 3.05) is 0 Å². The maximum atomic E-state index is 10.8. The Morgan fingerprint density at radius 2 is 2.27 bits per heavy atom. The molecule has 0 spiro atoms. The van der Waals surface area contributed by atoms with Crippen molar-refractivity contribution in [2.45, 2.75) is 46.1 Å². The molecular formula is C9H18NO. The summed E-state index contributed by atoms with van der Waals surface area (Å²) < 4.78 is 0. The van der Waals surface area contributed by atoms with Crippen molar-refractivity contribution in [1.82, 2.24) is 5.32 Å². The average molecular weight is 156 g/mol. The van der Waals surface area contributed by atoms with Gasteiger partial charge in [0, 0.05) is 12.5 Å². The van der Waals surface area contributed by atoms with Gasteiger partial charge >= 0.3 is 0 Å². The first-order valence-corrected chi connectivity index (χ1v) is 4.30. The number of unbranched alkanes of at least 4 members (excludes halogenated alkanes) is 1. The summed E-state index contributed by atoms with van der Waals surface area (Å²) >= 11 is 0. The van der Waals surface area contributed by atoms with E-state index in [1.807, 2.05) is 6.92 Å². The minimum absolute atomic E-state index is 0.0357. The molecule has 2 heteroatoms. The Kier molecular flexibility index (Phi) is 5.90. The lowest BCUT2D eigenvalue weighted by atomic mass is 10.1. The first-order valence-electron chi connectivity index (χ1n) is 4.30. The van der Waals surface area contributed by atoms with Gasteiger partial charge in [-0.05, 0) is 13.3 Å². The van der Waals surface area contributed by atoms with Crippen molar-refractivity contribution < 1.29 is 4.79 Å². The second kappa shape index (κ2) is 6.20. The summed E-state index contributed by atoms with van der Waals surface area (Å²) in [7, 11) is 0. The van der Waals surface area contributed by atoms with Gasteiger partial charge in [-0.25, -0.2) is 0 Å². The SMILES string of the molecule is C[CH]C(=O)NC(C)CCCC. The van der Waals surface area contributed by atoms with Gasteiger partial charge < -0.3 is 5.32 Å². The maximum Gasteiger partial charge on any atom is 0.223 e. The molecule has 0 aromatic heterocycles. The van der Waals surface area contributed by atoms with Crippen LogP contribution in [0.15, 0.2) is 0 Å². The van der Waals surface area contributed by atoms with Crippen LogP contribution in [0, 0.1) is 6.42 Å². The summed E-state index contributed by atoms with van der Waals surface area (Å²) in [5, 5.41) is 2.87. The smallest absolute Gasteiger partial charge is 0.223 e. The molecule has 0 saturated carbocycles. The minimum atomic E-state index is 0.0357. The van der Waals surface area contributed by atoms with E-state index >= 15 is 0 Å². The van der Waals surface area contributed by atoms with Crippen molar-refractivity contribution in [2.24, 2.45) is 0 Å². The van der Waals surface area contributed by atoms with Crippen molar-refractivity contribution >= 4 is 5.91 Å². The molecule has 1 N–H and O–H groups in total. The molecule has 0 aliphatic carbocycles. The Hall–Kier alpha value is -0.530. The summed E-state index contributed by atoms with van der Waals surface area (Å²) in [5.41, 5.74) is 0. The molecule has 0 heterocycles. The van der Waals surface area contributed by atoms with Crippen LogP contribution in [0.25, 0.3) is 0 Å². The van der Waals surface area contributed by atoms with Crippen LogP contribution in [0.5, 0.6) is 0 Å². The van der Waals surface area contributed by atoms with Gasteiger partial charge in [0.15, 0.2) is 0 Å². The number of carbonyl (C=O) groups is 1. The Morgan fingerprint density at radius 3 is 2.73 bits per heavy atom. The van der Waals surface area contributed by atoms with E-state index in [1.165, 1.54) is 12.8 Å². The molecule has 0 aliphatic rings. The first-order chi connectivity index (χ1) is 5.20. The largest absolute Gasteiger partial charge is 0.353 e. The second-order valence-electron chi connectivity index (χ2n) is 2.84. The predicted octanol–water partition coefficient (Wildman–Crippen LogP) is 1.91. The Morgan fingerprint density at radius 1 is 1.64 bits per heavy atom. The van der Waals surface area contributed by atoms with Crippen LogP contribution < -0.4 is 5.32 Å². The molecule has 0 aromatic carbocycles. The molecule has 65 valence electrons. The molecule has 0 bridgehead atoms. The van der Waals surface area contributed by atoms with Gasteiger partial charge in [-0.1, -0.05) is 26.7 Å². The molecular weight excluding hydrogens is 138 g/mol. The minimum Gasteiger partial charge on any atom is -0.353 e. The number of nitrogens with one attached hydrogen (secondary N) is 1. The van der Waals surface area contributed by atoms with E-state index in [4.69, 9.17) is 0 Å². The van der Waals surface area contributed by atoms with E-state index < -0.39 is 0 Å². The zero-order chi connectivity index (χ0) is 8.69. The van der Waals surface area contributed by atoms with E-state index in [0.717, 1.165) is 6.42 Å². The number of amides is 1. The molecule has 1 atom stereocenters. The number of rotatable bonds is 5. The van der Waals surface area contributed by atoms with Crippen LogP contribution in [0.4, 0.5) is 0 Å². The standard InChI is InChI=1S/C9H18NO/c1-4-6-7-8(3)10-9(11)5-2/h5,8H,4,6-7H2,1-3H3,(H,10,11). The Labute approximate surface area is 69.4 Å². The molecule has 1 amide bonds. The second-order valence-corrected chi connectivity index (χ2v) is 2.84. The van der Waals surface area contributed by atoms with Gasteiger partial charge in [0.25, 0.3) is 0 Å². The van der Waals surface area contributed by atoms with Crippen molar-refractivity contribution in [3.05, 3.63) is 6.42 Å². The fraction of sp³-hybridized carbons (Fsp3) is 0.778. The Bertz CT molecular complexity index is 112. The molecule has 0 aliphatic heterocycles. The highest BCUT2D eigenvalue weighted by molar-refractivity contribution is 5.84. The topological polar surface area (TPSA) is 29.1 Å². The lowest BCUT2D eigenvalue weighted by Crippen LogP contribution is -2.31. The third kappa shape index (κ3) is 5.89. The first kappa shape index (κ1) is 10.5. The van der Waals surface area contributed by atoms with Crippen LogP contribution in [-0.4, -0.2) is 11.9 Å². The molecule has 2 nitrogen and oxygen atoms in total. The van der Waals surface area contributed by atoms with Gasteiger partial charge in [-0.15, -0.1) is 0 Å². The van der Waals surface area contributed by atoms with Crippen LogP contribution in [-0.2, 0) is 4.79 Å². The highest BCUT2D eigenvalue weighted by atomic mass is 16.1. The highest BCUT2D eigenvalue weighted by Gasteiger charge is 2.03. The number of carbonyl (C=O) groups excluding carboxylic acids is 1. The number of hydrogen-bond donors (Lipinski definition) is 1. The van der Waals surface area contributed by atoms with Gasteiger partial charge in [-0.2, -0.15) is 0 Å². The Balaban J connectivity index is 3.35. The van der Waals surface area contributed by atoms with Gasteiger partial charge in [0.2, 0.25) is 5.91 Å². The molecule has 11 heavy (non-hydrogen) atoms. The molecule has 0 saturated heterocycles. The van der Waals surface area contributed by atoms with E-state index in [9.17, 15) is 4.79 Å². The predicted molar refractivity (Wildman–Crippen MR) is 47.1 cm³/mol. The van der Waals surface area contributed by atoms with Gasteiger partial charge in [0.1, 0.15) is 0 Å². The highest BCUT2D eigenvalue weighted by Crippen LogP contribution is 1.99. The van der Waals surface area contributed by atoms with Gasteiger partial charge in [-0.3, -0.25) is 4.79 Å². The van der Waals surface area contributed by atoms with E-state index in [1.54, 1.807) is 13.3 Å². The zero-order valence-electron chi connectivity index (χ0n) is 7.68. The molecule has 1 radical (unpaired) electrons. The summed E-state index contributed by atoms with van der Waals surface area (Å²) in [6.45, 7) is 5.94. The van der Waals surface area contributed by atoms with Crippen molar-refractivity contribution in [3.63, 3.8) is 0 Å². The third-order valence-corrected chi connectivity index (χ3v) is 1.64. The monoisotopic (exact) mass is 156 g/mol. The summed E-state index contributed by atoms with van der Waals surface area (Å²) in [6.07, 6.45) is 5.01. The van der Waals surface area contributed by atoms with Crippen molar-refractivity contribution in [3.8, 4) is 0 Å².